The summed E-state index contributed by atoms with van der Waals surface area (Å²) in [7, 11) is 0. The Hall–Kier alpha value is -0.450. The van der Waals surface area contributed by atoms with Gasteiger partial charge in [0.2, 0.25) is 0 Å². The average molecular weight is 281 g/mol. The van der Waals surface area contributed by atoms with Crippen LogP contribution in [-0.2, 0) is 6.42 Å². The molecule has 0 amide bonds. The Morgan fingerprint density at radius 3 is 2.74 bits per heavy atom. The lowest BCUT2D eigenvalue weighted by Gasteiger charge is -2.36. The van der Waals surface area contributed by atoms with Crippen LogP contribution in [0.5, 0.6) is 0 Å². The van der Waals surface area contributed by atoms with E-state index < -0.39 is 0 Å². The molecule has 1 aromatic heterocycles. The van der Waals surface area contributed by atoms with Crippen molar-refractivity contribution in [1.29, 1.82) is 0 Å². The summed E-state index contributed by atoms with van der Waals surface area (Å²) < 4.78 is 0. The quantitative estimate of drug-likeness (QED) is 0.756. The van der Waals surface area contributed by atoms with Crippen LogP contribution >= 0.6 is 11.3 Å². The summed E-state index contributed by atoms with van der Waals surface area (Å²) in [6.07, 6.45) is 9.08. The molecule has 0 radical (unpaired) electrons. The summed E-state index contributed by atoms with van der Waals surface area (Å²) in [5.41, 5.74) is 7.67. The van der Waals surface area contributed by atoms with Crippen LogP contribution in [0, 0.1) is 12.3 Å². The van der Waals surface area contributed by atoms with Crippen molar-refractivity contribution in [3.05, 3.63) is 16.1 Å². The predicted octanol–water partition coefficient (Wildman–Crippen LogP) is 2.88. The number of nitrogens with two attached hydrogens (primary N) is 1. The first kappa shape index (κ1) is 14.9. The number of hydrogen-bond acceptors (Lipinski definition) is 4. The molecule has 1 heterocycles. The van der Waals surface area contributed by atoms with E-state index in [0.29, 0.717) is 5.41 Å². The zero-order chi connectivity index (χ0) is 13.6. The zero-order valence-electron chi connectivity index (χ0n) is 12.1. The Morgan fingerprint density at radius 2 is 2.11 bits per heavy atom. The second-order valence-electron chi connectivity index (χ2n) is 5.87. The molecule has 0 aromatic carbocycles. The summed E-state index contributed by atoms with van der Waals surface area (Å²) in [5, 5.41) is 6.89. The van der Waals surface area contributed by atoms with Crippen LogP contribution in [0.1, 0.15) is 49.2 Å². The van der Waals surface area contributed by atoms with Gasteiger partial charge in [0.1, 0.15) is 0 Å². The lowest BCUT2D eigenvalue weighted by molar-refractivity contribution is 0.181. The first-order chi connectivity index (χ1) is 9.24. The number of thiazole rings is 1. The highest BCUT2D eigenvalue weighted by molar-refractivity contribution is 7.09. The molecule has 108 valence electrons. The van der Waals surface area contributed by atoms with Gasteiger partial charge in [0.25, 0.3) is 0 Å². The summed E-state index contributed by atoms with van der Waals surface area (Å²) in [4.78, 5) is 4.49. The largest absolute Gasteiger partial charge is 0.330 e. The smallest absolute Gasteiger partial charge is 0.0897 e. The van der Waals surface area contributed by atoms with Gasteiger partial charge in [-0.15, -0.1) is 11.3 Å². The van der Waals surface area contributed by atoms with E-state index in [1.807, 2.05) is 0 Å². The van der Waals surface area contributed by atoms with Crippen molar-refractivity contribution < 1.29 is 0 Å². The van der Waals surface area contributed by atoms with Crippen LogP contribution in [0.4, 0.5) is 0 Å². The minimum absolute atomic E-state index is 0.433. The minimum atomic E-state index is 0.433. The van der Waals surface area contributed by atoms with Gasteiger partial charge < -0.3 is 11.1 Å². The molecule has 3 N–H and O–H groups in total. The fourth-order valence-electron chi connectivity index (χ4n) is 3.08. The summed E-state index contributed by atoms with van der Waals surface area (Å²) in [6.45, 7) is 5.06. The molecule has 3 nitrogen and oxygen atoms in total. The first-order valence-corrected chi connectivity index (χ1v) is 8.44. The molecule has 0 unspecified atom stereocenters. The third-order valence-electron chi connectivity index (χ3n) is 4.40. The molecule has 0 saturated heterocycles. The van der Waals surface area contributed by atoms with Crippen molar-refractivity contribution >= 4 is 11.3 Å². The molecule has 1 saturated carbocycles. The predicted molar refractivity (Wildman–Crippen MR) is 82.6 cm³/mol. The lowest BCUT2D eigenvalue weighted by atomic mass is 9.72. The van der Waals surface area contributed by atoms with Crippen LogP contribution in [0.15, 0.2) is 5.38 Å². The molecule has 1 aliphatic rings. The average Bonchev–Trinajstić information content (AvgIpc) is 2.85. The molecule has 0 aliphatic heterocycles. The van der Waals surface area contributed by atoms with Crippen LogP contribution < -0.4 is 11.1 Å². The molecule has 0 bridgehead atoms. The van der Waals surface area contributed by atoms with E-state index in [9.17, 15) is 0 Å². The molecule has 1 aromatic rings. The van der Waals surface area contributed by atoms with Crippen molar-refractivity contribution in [2.45, 2.75) is 51.9 Å². The van der Waals surface area contributed by atoms with Gasteiger partial charge >= 0.3 is 0 Å². The Bertz CT molecular complexity index is 369. The Kier molecular flexibility index (Phi) is 5.79. The minimum Gasteiger partial charge on any atom is -0.330 e. The monoisotopic (exact) mass is 281 g/mol. The van der Waals surface area contributed by atoms with Crippen LogP contribution in [-0.4, -0.2) is 24.6 Å². The second kappa shape index (κ2) is 7.36. The summed E-state index contributed by atoms with van der Waals surface area (Å²) >= 11 is 1.74. The second-order valence-corrected chi connectivity index (χ2v) is 6.93. The first-order valence-electron chi connectivity index (χ1n) is 7.56. The van der Waals surface area contributed by atoms with Gasteiger partial charge in [-0.3, -0.25) is 0 Å². The van der Waals surface area contributed by atoms with Gasteiger partial charge in [0.15, 0.2) is 0 Å². The number of nitrogens with zero attached hydrogens (tertiary/aromatic N) is 1. The van der Waals surface area contributed by atoms with E-state index in [4.69, 9.17) is 5.73 Å². The summed E-state index contributed by atoms with van der Waals surface area (Å²) in [5.74, 6) is 0. The fourth-order valence-corrected chi connectivity index (χ4v) is 3.72. The molecular weight excluding hydrogens is 254 g/mol. The number of aryl methyl sites for hydroxylation is 1. The van der Waals surface area contributed by atoms with Crippen molar-refractivity contribution in [3.63, 3.8) is 0 Å². The number of hydrogen-bond donors (Lipinski definition) is 2. The highest BCUT2D eigenvalue weighted by Gasteiger charge is 2.29. The lowest BCUT2D eigenvalue weighted by Crippen LogP contribution is -2.36. The number of rotatable bonds is 7. The maximum atomic E-state index is 6.01. The normalized spacial score (nSPS) is 18.6. The van der Waals surface area contributed by atoms with Crippen LogP contribution in [0.3, 0.4) is 0 Å². The molecule has 1 aliphatic carbocycles. The third kappa shape index (κ3) is 4.55. The van der Waals surface area contributed by atoms with E-state index in [1.165, 1.54) is 49.2 Å². The molecule has 0 spiro atoms. The van der Waals surface area contributed by atoms with Crippen molar-refractivity contribution in [3.8, 4) is 0 Å². The molecule has 2 rings (SSSR count). The Labute approximate surface area is 121 Å². The molecule has 1 fully saturated rings. The SMILES string of the molecule is Cc1nc(CCNCCC2(CN)CCCCC2)cs1. The highest BCUT2D eigenvalue weighted by atomic mass is 32.1. The standard InChI is InChI=1S/C15H27N3S/c1-13-18-14(11-19-13)5-9-17-10-8-15(12-16)6-3-2-4-7-15/h11,17H,2-10,12,16H2,1H3. The molecular formula is C15H27N3S. The van der Waals surface area contributed by atoms with Crippen molar-refractivity contribution in [1.82, 2.24) is 10.3 Å². The Morgan fingerprint density at radius 1 is 1.32 bits per heavy atom. The molecule has 0 atom stereocenters. The van der Waals surface area contributed by atoms with Gasteiger partial charge in [-0.05, 0) is 44.7 Å². The van der Waals surface area contributed by atoms with Gasteiger partial charge in [-0.1, -0.05) is 19.3 Å². The van der Waals surface area contributed by atoms with Crippen molar-refractivity contribution in [2.24, 2.45) is 11.1 Å². The van der Waals surface area contributed by atoms with E-state index in [2.05, 4.69) is 22.6 Å². The van der Waals surface area contributed by atoms with E-state index in [-0.39, 0.29) is 0 Å². The fraction of sp³-hybridized carbons (Fsp3) is 0.800. The Balaban J connectivity index is 1.63. The maximum Gasteiger partial charge on any atom is 0.0897 e. The van der Waals surface area contributed by atoms with E-state index in [0.717, 1.165) is 26.1 Å². The van der Waals surface area contributed by atoms with Crippen LogP contribution in [0.2, 0.25) is 0 Å². The van der Waals surface area contributed by atoms with Gasteiger partial charge in [-0.25, -0.2) is 4.98 Å². The van der Waals surface area contributed by atoms with Gasteiger partial charge in [0.05, 0.1) is 10.7 Å². The number of nitrogens with one attached hydrogen (secondary N) is 1. The molecule has 19 heavy (non-hydrogen) atoms. The number of aromatic nitrogens is 1. The van der Waals surface area contributed by atoms with Crippen LogP contribution in [0.25, 0.3) is 0 Å². The third-order valence-corrected chi connectivity index (χ3v) is 5.23. The zero-order valence-corrected chi connectivity index (χ0v) is 12.9. The topological polar surface area (TPSA) is 50.9 Å². The van der Waals surface area contributed by atoms with E-state index >= 15 is 0 Å². The highest BCUT2D eigenvalue weighted by Crippen LogP contribution is 2.37. The van der Waals surface area contributed by atoms with E-state index in [1.54, 1.807) is 11.3 Å². The molecule has 4 heteroatoms. The maximum absolute atomic E-state index is 6.01. The van der Waals surface area contributed by atoms with Gasteiger partial charge in [-0.2, -0.15) is 0 Å². The van der Waals surface area contributed by atoms with Crippen molar-refractivity contribution in [2.75, 3.05) is 19.6 Å². The summed E-state index contributed by atoms with van der Waals surface area (Å²) in [6, 6.07) is 0. The van der Waals surface area contributed by atoms with Gasteiger partial charge in [0, 0.05) is 18.3 Å².